The number of carbonyl (C=O) groups excluding carboxylic acids is 3. The summed E-state index contributed by atoms with van der Waals surface area (Å²) < 4.78 is 5.22. The van der Waals surface area contributed by atoms with E-state index in [-0.39, 0.29) is 35.5 Å². The number of nitro benzene ring substituents is 1. The Kier molecular flexibility index (Phi) is 5.28. The number of nitro groups is 1. The molecule has 0 radical (unpaired) electrons. The van der Waals surface area contributed by atoms with Crippen LogP contribution < -0.4 is 0 Å². The van der Waals surface area contributed by atoms with Gasteiger partial charge in [-0.25, -0.2) is 4.79 Å². The molecule has 0 saturated heterocycles. The molecule has 1 aliphatic rings. The molecule has 0 fully saturated rings. The summed E-state index contributed by atoms with van der Waals surface area (Å²) in [6, 6.07) is 19.1. The van der Waals surface area contributed by atoms with Gasteiger partial charge in [-0.3, -0.25) is 24.6 Å². The summed E-state index contributed by atoms with van der Waals surface area (Å²) in [5.41, 5.74) is 1.67. The van der Waals surface area contributed by atoms with Gasteiger partial charge in [-0.1, -0.05) is 42.5 Å². The van der Waals surface area contributed by atoms with Crippen molar-refractivity contribution in [3.8, 4) is 0 Å². The molecule has 0 atom stereocenters. The lowest BCUT2D eigenvalue weighted by molar-refractivity contribution is -0.384. The highest BCUT2D eigenvalue weighted by Crippen LogP contribution is 2.26. The Bertz CT molecular complexity index is 1210. The zero-order valence-corrected chi connectivity index (χ0v) is 16.2. The number of ether oxygens (including phenoxy) is 1. The van der Waals surface area contributed by atoms with Crippen LogP contribution in [-0.2, 0) is 17.9 Å². The molecule has 4 rings (SSSR count). The number of esters is 1. The van der Waals surface area contributed by atoms with Gasteiger partial charge in [0.1, 0.15) is 6.61 Å². The number of hydrogen-bond acceptors (Lipinski definition) is 6. The standard InChI is InChI=1S/C23H16N2O6/c26-21-19-10-9-17(23(28)31-14-16-7-4-8-18(11-16)25(29)30)12-20(19)22(27)24(21)13-15-5-2-1-3-6-15/h1-12H,13-14H2. The molecule has 0 unspecified atom stereocenters. The van der Waals surface area contributed by atoms with Gasteiger partial charge in [-0.2, -0.15) is 0 Å². The Morgan fingerprint density at radius 2 is 1.58 bits per heavy atom. The summed E-state index contributed by atoms with van der Waals surface area (Å²) in [5, 5.41) is 10.9. The summed E-state index contributed by atoms with van der Waals surface area (Å²) in [7, 11) is 0. The van der Waals surface area contributed by atoms with E-state index in [4.69, 9.17) is 4.74 Å². The van der Waals surface area contributed by atoms with Crippen LogP contribution in [-0.4, -0.2) is 27.6 Å². The fraction of sp³-hybridized carbons (Fsp3) is 0.0870. The molecule has 0 bridgehead atoms. The monoisotopic (exact) mass is 416 g/mol. The van der Waals surface area contributed by atoms with Crippen molar-refractivity contribution in [1.29, 1.82) is 0 Å². The van der Waals surface area contributed by atoms with E-state index in [0.29, 0.717) is 5.56 Å². The van der Waals surface area contributed by atoms with E-state index < -0.39 is 22.7 Å². The van der Waals surface area contributed by atoms with Crippen molar-refractivity contribution in [2.75, 3.05) is 0 Å². The first-order chi connectivity index (χ1) is 14.9. The Morgan fingerprint density at radius 1 is 0.871 bits per heavy atom. The number of non-ortho nitro benzene ring substituents is 1. The molecule has 1 heterocycles. The molecule has 0 N–H and O–H groups in total. The third-order valence-electron chi connectivity index (χ3n) is 4.88. The van der Waals surface area contributed by atoms with Gasteiger partial charge in [0, 0.05) is 12.1 Å². The average molecular weight is 416 g/mol. The smallest absolute Gasteiger partial charge is 0.338 e. The number of nitrogens with zero attached hydrogens (tertiary/aromatic N) is 2. The third-order valence-corrected chi connectivity index (χ3v) is 4.88. The number of amides is 2. The lowest BCUT2D eigenvalue weighted by atomic mass is 10.1. The zero-order chi connectivity index (χ0) is 22.0. The van der Waals surface area contributed by atoms with Gasteiger partial charge in [0.05, 0.1) is 28.2 Å². The topological polar surface area (TPSA) is 107 Å². The second-order valence-corrected chi connectivity index (χ2v) is 6.95. The van der Waals surface area contributed by atoms with E-state index in [2.05, 4.69) is 0 Å². The van der Waals surface area contributed by atoms with Crippen LogP contribution in [0.15, 0.2) is 72.8 Å². The molecular weight excluding hydrogens is 400 g/mol. The van der Waals surface area contributed by atoms with E-state index in [1.807, 2.05) is 30.3 Å². The number of carbonyl (C=O) groups is 3. The Balaban J connectivity index is 1.48. The Hall–Kier alpha value is -4.33. The number of hydrogen-bond donors (Lipinski definition) is 0. The highest BCUT2D eigenvalue weighted by Gasteiger charge is 2.36. The van der Waals surface area contributed by atoms with Gasteiger partial charge in [0.15, 0.2) is 0 Å². The summed E-state index contributed by atoms with van der Waals surface area (Å²) in [6.45, 7) is -0.0235. The predicted molar refractivity (Wildman–Crippen MR) is 109 cm³/mol. The molecule has 0 saturated carbocycles. The van der Waals surface area contributed by atoms with E-state index in [1.54, 1.807) is 6.07 Å². The minimum atomic E-state index is -0.698. The van der Waals surface area contributed by atoms with Gasteiger partial charge in [-0.15, -0.1) is 0 Å². The average Bonchev–Trinajstić information content (AvgIpc) is 3.02. The third kappa shape index (κ3) is 4.04. The Labute approximate surface area is 176 Å². The van der Waals surface area contributed by atoms with Crippen molar-refractivity contribution in [3.63, 3.8) is 0 Å². The van der Waals surface area contributed by atoms with Crippen LogP contribution in [0, 0.1) is 10.1 Å². The van der Waals surface area contributed by atoms with Crippen molar-refractivity contribution in [3.05, 3.63) is 111 Å². The minimum absolute atomic E-state index is 0.103. The van der Waals surface area contributed by atoms with E-state index in [9.17, 15) is 24.5 Å². The normalized spacial score (nSPS) is 12.6. The van der Waals surface area contributed by atoms with Gasteiger partial charge in [0.25, 0.3) is 17.5 Å². The first-order valence-electron chi connectivity index (χ1n) is 9.38. The van der Waals surface area contributed by atoms with Crippen LogP contribution in [0.25, 0.3) is 0 Å². The fourth-order valence-electron chi connectivity index (χ4n) is 3.32. The fourth-order valence-corrected chi connectivity index (χ4v) is 3.32. The molecule has 0 spiro atoms. The van der Waals surface area contributed by atoms with Crippen molar-refractivity contribution < 1.29 is 24.0 Å². The van der Waals surface area contributed by atoms with Gasteiger partial charge < -0.3 is 4.74 Å². The first-order valence-corrected chi connectivity index (χ1v) is 9.38. The van der Waals surface area contributed by atoms with Gasteiger partial charge in [0.2, 0.25) is 0 Å². The van der Waals surface area contributed by atoms with E-state index in [0.717, 1.165) is 10.5 Å². The lowest BCUT2D eigenvalue weighted by Gasteiger charge is -2.13. The van der Waals surface area contributed by atoms with Gasteiger partial charge in [-0.05, 0) is 29.3 Å². The summed E-state index contributed by atoms with van der Waals surface area (Å²) >= 11 is 0. The predicted octanol–water partition coefficient (Wildman–Crippen LogP) is 3.75. The number of fused-ring (bicyclic) bond motifs is 1. The molecule has 3 aromatic carbocycles. The maximum Gasteiger partial charge on any atom is 0.338 e. The lowest BCUT2D eigenvalue weighted by Crippen LogP contribution is -2.29. The molecular formula is C23H16N2O6. The van der Waals surface area contributed by atoms with Crippen molar-refractivity contribution in [2.24, 2.45) is 0 Å². The second kappa shape index (κ2) is 8.19. The summed E-state index contributed by atoms with van der Waals surface area (Å²) in [4.78, 5) is 49.3. The molecule has 2 amide bonds. The van der Waals surface area contributed by atoms with E-state index in [1.165, 1.54) is 36.4 Å². The SMILES string of the molecule is O=C(OCc1cccc([N+](=O)[O-])c1)c1ccc2c(c1)C(=O)N(Cc1ccccc1)C2=O. The zero-order valence-electron chi connectivity index (χ0n) is 16.2. The van der Waals surface area contributed by atoms with Crippen molar-refractivity contribution in [2.45, 2.75) is 13.2 Å². The number of imide groups is 1. The largest absolute Gasteiger partial charge is 0.457 e. The van der Waals surface area contributed by atoms with Gasteiger partial charge >= 0.3 is 5.97 Å². The van der Waals surface area contributed by atoms with E-state index >= 15 is 0 Å². The van der Waals surface area contributed by atoms with Crippen LogP contribution >= 0.6 is 0 Å². The van der Waals surface area contributed by atoms with Crippen molar-refractivity contribution in [1.82, 2.24) is 4.90 Å². The van der Waals surface area contributed by atoms with Crippen LogP contribution in [0.5, 0.6) is 0 Å². The molecule has 3 aromatic rings. The van der Waals surface area contributed by atoms with Crippen LogP contribution in [0.2, 0.25) is 0 Å². The molecule has 154 valence electrons. The molecule has 0 aliphatic carbocycles. The molecule has 8 heteroatoms. The Morgan fingerprint density at radius 3 is 2.32 bits per heavy atom. The second-order valence-electron chi connectivity index (χ2n) is 6.95. The quantitative estimate of drug-likeness (QED) is 0.262. The highest BCUT2D eigenvalue weighted by molar-refractivity contribution is 6.21. The summed E-state index contributed by atoms with van der Waals surface area (Å²) in [5.74, 6) is -1.59. The molecule has 1 aliphatic heterocycles. The minimum Gasteiger partial charge on any atom is -0.457 e. The van der Waals surface area contributed by atoms with Crippen LogP contribution in [0.1, 0.15) is 42.2 Å². The maximum absolute atomic E-state index is 12.8. The van der Waals surface area contributed by atoms with Crippen LogP contribution in [0.3, 0.4) is 0 Å². The van der Waals surface area contributed by atoms with Crippen LogP contribution in [0.4, 0.5) is 5.69 Å². The molecule has 31 heavy (non-hydrogen) atoms. The van der Waals surface area contributed by atoms with Crippen molar-refractivity contribution >= 4 is 23.5 Å². The number of benzene rings is 3. The maximum atomic E-state index is 12.8. The number of rotatable bonds is 6. The first kappa shape index (κ1) is 20.0. The molecule has 8 nitrogen and oxygen atoms in total. The summed E-state index contributed by atoms with van der Waals surface area (Å²) in [6.07, 6.45) is 0. The molecule has 0 aromatic heterocycles. The highest BCUT2D eigenvalue weighted by atomic mass is 16.6.